The molecule has 9 heteroatoms. The molecule has 2 N–H and O–H groups in total. The minimum absolute atomic E-state index is 0.123. The Kier molecular flexibility index (Phi) is 8.30. The van der Waals surface area contributed by atoms with Crippen molar-refractivity contribution in [3.05, 3.63) is 82.9 Å². The Balaban J connectivity index is 1.27. The quantitative estimate of drug-likeness (QED) is 0.436. The highest BCUT2D eigenvalue weighted by Gasteiger charge is 2.35. The normalized spacial score (nSPS) is 14.8. The first-order valence-corrected chi connectivity index (χ1v) is 12.2. The molecule has 1 heterocycles. The Hall–Kier alpha value is -4.04. The third-order valence-corrected chi connectivity index (χ3v) is 6.52. The van der Waals surface area contributed by atoms with Crippen molar-refractivity contribution < 1.29 is 23.9 Å². The van der Waals surface area contributed by atoms with Crippen LogP contribution in [0.3, 0.4) is 0 Å². The molecular weight excluding hydrogens is 494 g/mol. The Labute approximate surface area is 220 Å². The van der Waals surface area contributed by atoms with Crippen LogP contribution in [0.2, 0.25) is 5.02 Å². The predicted molar refractivity (Wildman–Crippen MR) is 142 cm³/mol. The SMILES string of the molecule is COc1ccccc1CNC(=O)[C@H]1CC(=O)N(c2ccc(OCC(=O)Nc3ccc(C)c(Cl)c3)cc2)C1. The smallest absolute Gasteiger partial charge is 0.262 e. The molecule has 3 aromatic rings. The molecule has 37 heavy (non-hydrogen) atoms. The Morgan fingerprint density at radius 2 is 1.84 bits per heavy atom. The van der Waals surface area contributed by atoms with Gasteiger partial charge in [-0.1, -0.05) is 35.9 Å². The molecule has 1 fully saturated rings. The highest BCUT2D eigenvalue weighted by Crippen LogP contribution is 2.27. The first-order chi connectivity index (χ1) is 17.8. The monoisotopic (exact) mass is 521 g/mol. The van der Waals surface area contributed by atoms with Crippen molar-refractivity contribution >= 4 is 40.7 Å². The second-order valence-electron chi connectivity index (χ2n) is 8.73. The van der Waals surface area contributed by atoms with E-state index in [4.69, 9.17) is 21.1 Å². The summed E-state index contributed by atoms with van der Waals surface area (Å²) in [6.45, 7) is 2.32. The van der Waals surface area contributed by atoms with Crippen LogP contribution in [-0.2, 0) is 20.9 Å². The van der Waals surface area contributed by atoms with Gasteiger partial charge in [0.25, 0.3) is 5.91 Å². The number of aryl methyl sites for hydroxylation is 1. The topological polar surface area (TPSA) is 97.0 Å². The van der Waals surface area contributed by atoms with E-state index < -0.39 is 5.92 Å². The van der Waals surface area contributed by atoms with Crippen molar-refractivity contribution in [2.45, 2.75) is 19.9 Å². The molecule has 0 aromatic heterocycles. The standard InChI is InChI=1S/C28H28ClN3O5/c1-18-7-8-21(14-24(18)29)31-26(33)17-37-23-11-9-22(10-12-23)32-16-20(13-27(32)34)28(35)30-15-19-5-3-4-6-25(19)36-2/h3-12,14,20H,13,15-17H2,1-2H3,(H,30,35)(H,31,33)/t20-/m0/s1. The van der Waals surface area contributed by atoms with E-state index in [0.717, 1.165) is 11.1 Å². The maximum absolute atomic E-state index is 12.7. The van der Waals surface area contributed by atoms with Crippen molar-refractivity contribution in [2.24, 2.45) is 5.92 Å². The van der Waals surface area contributed by atoms with Crippen LogP contribution in [0.1, 0.15) is 17.5 Å². The number of carbonyl (C=O) groups excluding carboxylic acids is 3. The second kappa shape index (κ2) is 11.8. The number of amides is 3. The van der Waals surface area contributed by atoms with Gasteiger partial charge in [-0.3, -0.25) is 14.4 Å². The van der Waals surface area contributed by atoms with Crippen LogP contribution in [0.25, 0.3) is 0 Å². The first-order valence-electron chi connectivity index (χ1n) is 11.8. The van der Waals surface area contributed by atoms with Gasteiger partial charge in [0.15, 0.2) is 6.61 Å². The van der Waals surface area contributed by atoms with E-state index in [9.17, 15) is 14.4 Å². The number of benzene rings is 3. The minimum Gasteiger partial charge on any atom is -0.496 e. The average molecular weight is 522 g/mol. The highest BCUT2D eigenvalue weighted by atomic mass is 35.5. The molecule has 1 saturated heterocycles. The van der Waals surface area contributed by atoms with E-state index in [-0.39, 0.29) is 37.3 Å². The molecule has 1 atom stereocenters. The number of nitrogens with zero attached hydrogens (tertiary/aromatic N) is 1. The number of carbonyl (C=O) groups is 3. The minimum atomic E-state index is -0.447. The maximum atomic E-state index is 12.7. The Morgan fingerprint density at radius 3 is 2.57 bits per heavy atom. The number of anilines is 2. The third-order valence-electron chi connectivity index (χ3n) is 6.12. The zero-order valence-electron chi connectivity index (χ0n) is 20.6. The second-order valence-corrected chi connectivity index (χ2v) is 9.14. The molecule has 8 nitrogen and oxygen atoms in total. The lowest BCUT2D eigenvalue weighted by molar-refractivity contribution is -0.126. The summed E-state index contributed by atoms with van der Waals surface area (Å²) < 4.78 is 10.9. The molecule has 1 aliphatic heterocycles. The summed E-state index contributed by atoms with van der Waals surface area (Å²) in [7, 11) is 1.58. The number of halogens is 1. The largest absolute Gasteiger partial charge is 0.496 e. The fourth-order valence-electron chi connectivity index (χ4n) is 4.05. The van der Waals surface area contributed by atoms with Gasteiger partial charge in [0.1, 0.15) is 11.5 Å². The van der Waals surface area contributed by atoms with Crippen molar-refractivity contribution in [2.75, 3.05) is 30.5 Å². The molecule has 3 amide bonds. The number of methoxy groups -OCH3 is 1. The summed E-state index contributed by atoms with van der Waals surface area (Å²) in [6, 6.07) is 19.6. The predicted octanol–water partition coefficient (Wildman–Crippen LogP) is 4.34. The molecule has 4 rings (SSSR count). The fourth-order valence-corrected chi connectivity index (χ4v) is 4.23. The fraction of sp³-hybridized carbons (Fsp3) is 0.250. The van der Waals surface area contributed by atoms with E-state index in [1.165, 1.54) is 0 Å². The highest BCUT2D eigenvalue weighted by molar-refractivity contribution is 6.31. The van der Waals surface area contributed by atoms with E-state index in [1.807, 2.05) is 37.3 Å². The maximum Gasteiger partial charge on any atom is 0.262 e. The lowest BCUT2D eigenvalue weighted by Crippen LogP contribution is -2.32. The van der Waals surface area contributed by atoms with Crippen molar-refractivity contribution in [1.29, 1.82) is 0 Å². The van der Waals surface area contributed by atoms with Crippen molar-refractivity contribution in [3.63, 3.8) is 0 Å². The molecule has 0 saturated carbocycles. The van der Waals surface area contributed by atoms with Crippen LogP contribution in [0.4, 0.5) is 11.4 Å². The van der Waals surface area contributed by atoms with Crippen LogP contribution in [0.5, 0.6) is 11.5 Å². The first kappa shape index (κ1) is 26.0. The van der Waals surface area contributed by atoms with Crippen LogP contribution < -0.4 is 25.0 Å². The van der Waals surface area contributed by atoms with Gasteiger partial charge in [0.05, 0.1) is 13.0 Å². The molecule has 0 spiro atoms. The third kappa shape index (κ3) is 6.59. The summed E-state index contributed by atoms with van der Waals surface area (Å²) in [5, 5.41) is 6.21. The zero-order valence-corrected chi connectivity index (χ0v) is 21.4. The molecule has 0 radical (unpaired) electrons. The van der Waals surface area contributed by atoms with E-state index >= 15 is 0 Å². The van der Waals surface area contributed by atoms with Crippen LogP contribution in [-0.4, -0.2) is 38.0 Å². The number of rotatable bonds is 9. The van der Waals surface area contributed by atoms with Gasteiger partial charge in [-0.2, -0.15) is 0 Å². The summed E-state index contributed by atoms with van der Waals surface area (Å²) in [5.41, 5.74) is 3.04. The zero-order chi connectivity index (χ0) is 26.4. The van der Waals surface area contributed by atoms with E-state index in [0.29, 0.717) is 34.4 Å². The molecule has 192 valence electrons. The van der Waals surface area contributed by atoms with Crippen molar-refractivity contribution in [3.8, 4) is 11.5 Å². The summed E-state index contributed by atoms with van der Waals surface area (Å²) in [5.74, 6) is 0.118. The van der Waals surface area contributed by atoms with Gasteiger partial charge in [0, 0.05) is 41.5 Å². The summed E-state index contributed by atoms with van der Waals surface area (Å²) in [6.07, 6.45) is 0.138. The van der Waals surface area contributed by atoms with Gasteiger partial charge in [-0.25, -0.2) is 0 Å². The molecule has 0 aliphatic carbocycles. The van der Waals surface area contributed by atoms with Gasteiger partial charge >= 0.3 is 0 Å². The Bertz CT molecular complexity index is 1300. The molecular formula is C28H28ClN3O5. The van der Waals surface area contributed by atoms with Gasteiger partial charge in [0.2, 0.25) is 11.8 Å². The molecule has 3 aromatic carbocycles. The van der Waals surface area contributed by atoms with Crippen LogP contribution in [0, 0.1) is 12.8 Å². The molecule has 0 bridgehead atoms. The lowest BCUT2D eigenvalue weighted by Gasteiger charge is -2.17. The van der Waals surface area contributed by atoms with Gasteiger partial charge in [-0.05, 0) is 55.0 Å². The van der Waals surface area contributed by atoms with Crippen LogP contribution >= 0.6 is 11.6 Å². The van der Waals surface area contributed by atoms with Gasteiger partial charge < -0.3 is 25.0 Å². The number of hydrogen-bond acceptors (Lipinski definition) is 5. The lowest BCUT2D eigenvalue weighted by atomic mass is 10.1. The van der Waals surface area contributed by atoms with Gasteiger partial charge in [-0.15, -0.1) is 0 Å². The van der Waals surface area contributed by atoms with Crippen molar-refractivity contribution in [1.82, 2.24) is 5.32 Å². The number of nitrogens with one attached hydrogen (secondary N) is 2. The summed E-state index contributed by atoms with van der Waals surface area (Å²) >= 11 is 6.09. The Morgan fingerprint density at radius 1 is 1.08 bits per heavy atom. The number of para-hydroxylation sites is 1. The van der Waals surface area contributed by atoms with Crippen LogP contribution in [0.15, 0.2) is 66.7 Å². The van der Waals surface area contributed by atoms with E-state index in [1.54, 1.807) is 48.4 Å². The average Bonchev–Trinajstić information content (AvgIpc) is 3.30. The number of hydrogen-bond donors (Lipinski definition) is 2. The van der Waals surface area contributed by atoms with E-state index in [2.05, 4.69) is 10.6 Å². The summed E-state index contributed by atoms with van der Waals surface area (Å²) in [4.78, 5) is 39.1. The molecule has 1 aliphatic rings. The number of ether oxygens (including phenoxy) is 2. The molecule has 0 unspecified atom stereocenters.